The zero-order chi connectivity index (χ0) is 12.6. The van der Waals surface area contributed by atoms with Crippen molar-refractivity contribution in [1.82, 2.24) is 5.32 Å². The minimum atomic E-state index is 0.918. The molecule has 1 aliphatic heterocycles. The molecule has 1 atom stereocenters. The topological polar surface area (TPSA) is 15.3 Å². The largest absolute Gasteiger partial charge is 0.375 e. The van der Waals surface area contributed by atoms with Crippen molar-refractivity contribution in [3.63, 3.8) is 0 Å². The molecule has 0 saturated carbocycles. The quantitative estimate of drug-likeness (QED) is 0.762. The van der Waals surface area contributed by atoms with Crippen LogP contribution < -0.4 is 10.2 Å². The van der Waals surface area contributed by atoms with Crippen molar-refractivity contribution < 1.29 is 0 Å². The fourth-order valence-corrected chi connectivity index (χ4v) is 3.59. The van der Waals surface area contributed by atoms with Gasteiger partial charge in [-0.25, -0.2) is 0 Å². The molecule has 1 aromatic rings. The van der Waals surface area contributed by atoms with Gasteiger partial charge in [0, 0.05) is 19.3 Å². The Hall–Kier alpha value is -0.670. The van der Waals surface area contributed by atoms with E-state index in [9.17, 15) is 0 Å². The van der Waals surface area contributed by atoms with Crippen LogP contribution in [0.3, 0.4) is 0 Å². The molecule has 1 aromatic carbocycles. The Morgan fingerprint density at radius 1 is 1.33 bits per heavy atom. The summed E-state index contributed by atoms with van der Waals surface area (Å²) in [4.78, 5) is 2.33. The summed E-state index contributed by atoms with van der Waals surface area (Å²) in [5.41, 5.74) is 1.31. The third-order valence-electron chi connectivity index (χ3n) is 3.50. The van der Waals surface area contributed by atoms with Gasteiger partial charge in [-0.15, -0.1) is 0 Å². The van der Waals surface area contributed by atoms with E-state index in [1.807, 2.05) is 0 Å². The predicted molar refractivity (Wildman–Crippen MR) is 82.6 cm³/mol. The molecule has 0 amide bonds. The molecule has 0 spiro atoms. The average Bonchev–Trinajstić information content (AvgIpc) is 2.92. The van der Waals surface area contributed by atoms with Gasteiger partial charge in [-0.2, -0.15) is 11.8 Å². The minimum Gasteiger partial charge on any atom is -0.375 e. The van der Waals surface area contributed by atoms with E-state index in [2.05, 4.69) is 59.4 Å². The molecule has 1 saturated heterocycles. The Labute approximate surface area is 115 Å². The van der Waals surface area contributed by atoms with Crippen LogP contribution in [0.25, 0.3) is 0 Å². The van der Waals surface area contributed by atoms with E-state index >= 15 is 0 Å². The van der Waals surface area contributed by atoms with Crippen LogP contribution in [0.5, 0.6) is 0 Å². The molecule has 18 heavy (non-hydrogen) atoms. The summed E-state index contributed by atoms with van der Waals surface area (Å²) in [6.07, 6.45) is 2.62. The van der Waals surface area contributed by atoms with Gasteiger partial charge in [-0.1, -0.05) is 18.2 Å². The van der Waals surface area contributed by atoms with Crippen molar-refractivity contribution in [2.75, 3.05) is 43.1 Å². The van der Waals surface area contributed by atoms with Crippen LogP contribution >= 0.6 is 11.8 Å². The second kappa shape index (κ2) is 7.70. The van der Waals surface area contributed by atoms with Gasteiger partial charge in [0.25, 0.3) is 0 Å². The molecular formula is C15H24N2S. The van der Waals surface area contributed by atoms with Crippen LogP contribution in [-0.4, -0.2) is 38.2 Å². The molecule has 0 aliphatic carbocycles. The number of benzene rings is 1. The number of nitrogens with zero attached hydrogens (tertiary/aromatic N) is 1. The maximum atomic E-state index is 3.59. The van der Waals surface area contributed by atoms with Crippen LogP contribution in [-0.2, 0) is 0 Å². The lowest BCUT2D eigenvalue weighted by Crippen LogP contribution is -2.27. The monoisotopic (exact) mass is 264 g/mol. The third kappa shape index (κ3) is 4.54. The lowest BCUT2D eigenvalue weighted by Gasteiger charge is -2.19. The molecule has 1 heterocycles. The molecular weight excluding hydrogens is 240 g/mol. The van der Waals surface area contributed by atoms with Crippen molar-refractivity contribution in [3.8, 4) is 0 Å². The average molecular weight is 264 g/mol. The molecule has 1 aliphatic rings. The lowest BCUT2D eigenvalue weighted by atomic mass is 10.1. The Bertz CT molecular complexity index is 323. The van der Waals surface area contributed by atoms with Crippen molar-refractivity contribution in [2.45, 2.75) is 12.8 Å². The van der Waals surface area contributed by atoms with Crippen molar-refractivity contribution >= 4 is 17.4 Å². The zero-order valence-electron chi connectivity index (χ0n) is 11.3. The van der Waals surface area contributed by atoms with Crippen LogP contribution in [0.4, 0.5) is 5.69 Å². The molecule has 2 nitrogen and oxygen atoms in total. The lowest BCUT2D eigenvalue weighted by molar-refractivity contribution is 0.517. The fourth-order valence-electron chi connectivity index (χ4n) is 2.30. The number of hydrogen-bond acceptors (Lipinski definition) is 3. The number of nitrogens with one attached hydrogen (secondary N) is 1. The normalized spacial score (nSPS) is 19.1. The molecule has 0 bridgehead atoms. The Morgan fingerprint density at radius 3 is 2.89 bits per heavy atom. The molecule has 0 aromatic heterocycles. The van der Waals surface area contributed by atoms with Gasteiger partial charge in [0.2, 0.25) is 0 Å². The summed E-state index contributed by atoms with van der Waals surface area (Å²) in [6.45, 7) is 3.47. The molecule has 100 valence electrons. The van der Waals surface area contributed by atoms with Crippen molar-refractivity contribution in [1.29, 1.82) is 0 Å². The van der Waals surface area contributed by atoms with E-state index in [0.29, 0.717) is 0 Å². The highest BCUT2D eigenvalue weighted by atomic mass is 32.2. The van der Waals surface area contributed by atoms with E-state index in [1.54, 1.807) is 0 Å². The van der Waals surface area contributed by atoms with Gasteiger partial charge in [0.15, 0.2) is 0 Å². The number of rotatable bonds is 7. The zero-order valence-corrected chi connectivity index (χ0v) is 12.1. The van der Waals surface area contributed by atoms with E-state index in [-0.39, 0.29) is 0 Å². The van der Waals surface area contributed by atoms with E-state index in [4.69, 9.17) is 0 Å². The summed E-state index contributed by atoms with van der Waals surface area (Å²) in [5, 5.41) is 3.59. The Balaban J connectivity index is 1.55. The maximum Gasteiger partial charge on any atom is 0.0363 e. The molecule has 0 radical (unpaired) electrons. The van der Waals surface area contributed by atoms with Crippen LogP contribution in [0.15, 0.2) is 30.3 Å². The summed E-state index contributed by atoms with van der Waals surface area (Å²) in [6, 6.07) is 10.6. The number of anilines is 1. The summed E-state index contributed by atoms with van der Waals surface area (Å²) in [5.74, 6) is 3.64. The smallest absolute Gasteiger partial charge is 0.0363 e. The minimum absolute atomic E-state index is 0.918. The number of para-hydroxylation sites is 1. The van der Waals surface area contributed by atoms with Gasteiger partial charge >= 0.3 is 0 Å². The molecule has 1 fully saturated rings. The predicted octanol–water partition coefficient (Wildman–Crippen LogP) is 2.86. The van der Waals surface area contributed by atoms with Crippen LogP contribution in [0.2, 0.25) is 0 Å². The first-order chi connectivity index (χ1) is 8.86. The van der Waals surface area contributed by atoms with Crippen LogP contribution in [0, 0.1) is 5.92 Å². The highest BCUT2D eigenvalue weighted by Crippen LogP contribution is 2.22. The highest BCUT2D eigenvalue weighted by Gasteiger charge is 2.14. The van der Waals surface area contributed by atoms with Crippen molar-refractivity contribution in [2.24, 2.45) is 5.92 Å². The van der Waals surface area contributed by atoms with Gasteiger partial charge < -0.3 is 10.2 Å². The van der Waals surface area contributed by atoms with Gasteiger partial charge in [-0.05, 0) is 55.5 Å². The Kier molecular flexibility index (Phi) is 5.88. The standard InChI is InChI=1S/C15H24N2S/c1-17(15-6-3-2-4-7-15)10-5-9-16-12-14-8-11-18-13-14/h2-4,6-7,14,16H,5,8-13H2,1H3. The summed E-state index contributed by atoms with van der Waals surface area (Å²) >= 11 is 2.10. The maximum absolute atomic E-state index is 3.59. The number of hydrogen-bond donors (Lipinski definition) is 1. The second-order valence-corrected chi connectivity index (χ2v) is 6.19. The first-order valence-electron chi connectivity index (χ1n) is 6.91. The van der Waals surface area contributed by atoms with Crippen LogP contribution in [0.1, 0.15) is 12.8 Å². The highest BCUT2D eigenvalue weighted by molar-refractivity contribution is 7.99. The fraction of sp³-hybridized carbons (Fsp3) is 0.600. The molecule has 1 N–H and O–H groups in total. The first-order valence-corrected chi connectivity index (χ1v) is 8.06. The van der Waals surface area contributed by atoms with Gasteiger partial charge in [0.05, 0.1) is 0 Å². The van der Waals surface area contributed by atoms with Gasteiger partial charge in [0.1, 0.15) is 0 Å². The third-order valence-corrected chi connectivity index (χ3v) is 4.73. The Morgan fingerprint density at radius 2 is 2.17 bits per heavy atom. The summed E-state index contributed by atoms with van der Waals surface area (Å²) < 4.78 is 0. The summed E-state index contributed by atoms with van der Waals surface area (Å²) in [7, 11) is 2.17. The van der Waals surface area contributed by atoms with E-state index in [1.165, 1.54) is 36.6 Å². The molecule has 3 heteroatoms. The van der Waals surface area contributed by atoms with Crippen molar-refractivity contribution in [3.05, 3.63) is 30.3 Å². The second-order valence-electron chi connectivity index (χ2n) is 5.04. The molecule has 1 unspecified atom stereocenters. The van der Waals surface area contributed by atoms with E-state index < -0.39 is 0 Å². The first kappa shape index (κ1) is 13.8. The molecule has 2 rings (SSSR count). The van der Waals surface area contributed by atoms with Gasteiger partial charge in [-0.3, -0.25) is 0 Å². The SMILES string of the molecule is CN(CCCNCC1CCSC1)c1ccccc1. The number of thioether (sulfide) groups is 1. The van der Waals surface area contributed by atoms with E-state index in [0.717, 1.165) is 19.0 Å².